The lowest BCUT2D eigenvalue weighted by atomic mass is 10.4. The average molecular weight is 188 g/mol. The topological polar surface area (TPSA) is 24.9 Å². The van der Waals surface area contributed by atoms with Crippen LogP contribution >= 0.6 is 0 Å². The molecule has 0 aromatic rings. The van der Waals surface area contributed by atoms with Gasteiger partial charge in [-0.25, -0.2) is 0 Å². The van der Waals surface area contributed by atoms with Gasteiger partial charge in [-0.3, -0.25) is 4.84 Å². The molecule has 0 spiro atoms. The van der Waals surface area contributed by atoms with Gasteiger partial charge in [0.15, 0.2) is 0 Å². The van der Waals surface area contributed by atoms with E-state index in [1.54, 1.807) is 7.11 Å². The standard InChI is InChI=1S/C9H20N2O2/c1-3-10-4-6-11(7-5-10)13-9-8-12-2/h3-9H2,1-2H3. The maximum atomic E-state index is 5.50. The SMILES string of the molecule is CCN1CCN(OCCOC)CC1. The van der Waals surface area contributed by atoms with E-state index in [0.717, 1.165) is 32.7 Å². The summed E-state index contributed by atoms with van der Waals surface area (Å²) in [5, 5.41) is 2.03. The lowest BCUT2D eigenvalue weighted by molar-refractivity contribution is -0.183. The summed E-state index contributed by atoms with van der Waals surface area (Å²) in [6.45, 7) is 8.94. The van der Waals surface area contributed by atoms with Gasteiger partial charge in [-0.15, -0.1) is 0 Å². The van der Waals surface area contributed by atoms with Crippen molar-refractivity contribution in [2.45, 2.75) is 6.92 Å². The summed E-state index contributed by atoms with van der Waals surface area (Å²) in [6, 6.07) is 0. The highest BCUT2D eigenvalue weighted by Gasteiger charge is 2.15. The fraction of sp³-hybridized carbons (Fsp3) is 1.00. The Morgan fingerprint density at radius 1 is 1.08 bits per heavy atom. The first-order valence-corrected chi connectivity index (χ1v) is 4.96. The second-order valence-corrected chi connectivity index (χ2v) is 3.19. The van der Waals surface area contributed by atoms with Gasteiger partial charge in [0, 0.05) is 33.3 Å². The normalized spacial score (nSPS) is 20.8. The van der Waals surface area contributed by atoms with E-state index in [0.29, 0.717) is 13.2 Å². The van der Waals surface area contributed by atoms with Crippen LogP contribution in [0.5, 0.6) is 0 Å². The summed E-state index contributed by atoms with van der Waals surface area (Å²) in [6.07, 6.45) is 0. The van der Waals surface area contributed by atoms with E-state index in [-0.39, 0.29) is 0 Å². The summed E-state index contributed by atoms with van der Waals surface area (Å²) in [5.41, 5.74) is 0. The fourth-order valence-electron chi connectivity index (χ4n) is 1.42. The van der Waals surface area contributed by atoms with Crippen LogP contribution in [0.2, 0.25) is 0 Å². The molecule has 1 heterocycles. The van der Waals surface area contributed by atoms with Crippen LogP contribution in [0.25, 0.3) is 0 Å². The molecular weight excluding hydrogens is 168 g/mol. The van der Waals surface area contributed by atoms with Gasteiger partial charge in [-0.2, -0.15) is 5.06 Å². The van der Waals surface area contributed by atoms with Crippen LogP contribution in [0.3, 0.4) is 0 Å². The largest absolute Gasteiger partial charge is 0.382 e. The Bertz CT molecular complexity index is 122. The molecule has 0 radical (unpaired) electrons. The Hall–Kier alpha value is -0.160. The van der Waals surface area contributed by atoms with Crippen LogP contribution in [0.15, 0.2) is 0 Å². The van der Waals surface area contributed by atoms with Gasteiger partial charge >= 0.3 is 0 Å². The van der Waals surface area contributed by atoms with Crippen molar-refractivity contribution in [3.05, 3.63) is 0 Å². The van der Waals surface area contributed by atoms with Crippen molar-refractivity contribution >= 4 is 0 Å². The fourth-order valence-corrected chi connectivity index (χ4v) is 1.42. The van der Waals surface area contributed by atoms with E-state index in [4.69, 9.17) is 9.57 Å². The molecular formula is C9H20N2O2. The van der Waals surface area contributed by atoms with Gasteiger partial charge in [-0.05, 0) is 6.54 Å². The van der Waals surface area contributed by atoms with E-state index in [1.165, 1.54) is 0 Å². The predicted molar refractivity (Wildman–Crippen MR) is 51.5 cm³/mol. The molecule has 1 rings (SSSR count). The highest BCUT2D eigenvalue weighted by atomic mass is 16.7. The van der Waals surface area contributed by atoms with Crippen molar-refractivity contribution in [2.75, 3.05) is 53.0 Å². The Labute approximate surface area is 80.4 Å². The average Bonchev–Trinajstić information content (AvgIpc) is 2.19. The number of likely N-dealkylation sites (N-methyl/N-ethyl adjacent to an activating group) is 1. The highest BCUT2D eigenvalue weighted by Crippen LogP contribution is 2.01. The maximum Gasteiger partial charge on any atom is 0.0918 e. The Balaban J connectivity index is 2.03. The molecule has 1 fully saturated rings. The third kappa shape index (κ3) is 4.04. The number of rotatable bonds is 5. The maximum absolute atomic E-state index is 5.50. The smallest absolute Gasteiger partial charge is 0.0918 e. The Kier molecular flexibility index (Phi) is 5.31. The molecule has 0 aliphatic carbocycles. The first-order chi connectivity index (χ1) is 6.36. The van der Waals surface area contributed by atoms with Crippen LogP contribution in [0, 0.1) is 0 Å². The molecule has 0 N–H and O–H groups in total. The molecule has 0 aromatic heterocycles. The van der Waals surface area contributed by atoms with Crippen LogP contribution in [-0.4, -0.2) is 63.0 Å². The van der Waals surface area contributed by atoms with Gasteiger partial charge in [0.1, 0.15) is 0 Å². The van der Waals surface area contributed by atoms with E-state index in [1.807, 2.05) is 5.06 Å². The Morgan fingerprint density at radius 3 is 2.31 bits per heavy atom. The number of hydroxylamine groups is 2. The van der Waals surface area contributed by atoms with E-state index >= 15 is 0 Å². The molecule has 13 heavy (non-hydrogen) atoms. The minimum atomic E-state index is 0.669. The molecule has 1 saturated heterocycles. The summed E-state index contributed by atoms with van der Waals surface area (Å²) in [4.78, 5) is 7.92. The second kappa shape index (κ2) is 6.32. The first-order valence-electron chi connectivity index (χ1n) is 4.96. The summed E-state index contributed by atoms with van der Waals surface area (Å²) in [7, 11) is 1.69. The highest BCUT2D eigenvalue weighted by molar-refractivity contribution is 4.65. The zero-order valence-corrected chi connectivity index (χ0v) is 8.66. The number of hydrogen-bond acceptors (Lipinski definition) is 4. The molecule has 0 aromatic carbocycles. The molecule has 1 aliphatic heterocycles. The summed E-state index contributed by atoms with van der Waals surface area (Å²) >= 11 is 0. The zero-order chi connectivity index (χ0) is 9.52. The Morgan fingerprint density at radius 2 is 1.77 bits per heavy atom. The predicted octanol–water partition coefficient (Wildman–Crippen LogP) is 0.202. The molecule has 0 atom stereocenters. The van der Waals surface area contributed by atoms with Crippen LogP contribution < -0.4 is 0 Å². The number of hydrogen-bond donors (Lipinski definition) is 0. The third-order valence-electron chi connectivity index (χ3n) is 2.34. The van der Waals surface area contributed by atoms with E-state index < -0.39 is 0 Å². The van der Waals surface area contributed by atoms with E-state index in [2.05, 4.69) is 11.8 Å². The summed E-state index contributed by atoms with van der Waals surface area (Å²) < 4.78 is 4.91. The number of piperazine rings is 1. The van der Waals surface area contributed by atoms with E-state index in [9.17, 15) is 0 Å². The molecule has 0 unspecified atom stereocenters. The molecule has 78 valence electrons. The van der Waals surface area contributed by atoms with Gasteiger partial charge in [0.2, 0.25) is 0 Å². The lowest BCUT2D eigenvalue weighted by Crippen LogP contribution is -2.46. The minimum absolute atomic E-state index is 0.669. The molecule has 0 saturated carbocycles. The van der Waals surface area contributed by atoms with Crippen LogP contribution in [0.1, 0.15) is 6.92 Å². The van der Waals surface area contributed by atoms with Gasteiger partial charge in [0.25, 0.3) is 0 Å². The first kappa shape index (κ1) is 10.9. The van der Waals surface area contributed by atoms with Gasteiger partial charge < -0.3 is 9.64 Å². The minimum Gasteiger partial charge on any atom is -0.382 e. The van der Waals surface area contributed by atoms with Crippen molar-refractivity contribution in [1.29, 1.82) is 0 Å². The second-order valence-electron chi connectivity index (χ2n) is 3.19. The number of nitrogens with zero attached hydrogens (tertiary/aromatic N) is 2. The third-order valence-corrected chi connectivity index (χ3v) is 2.34. The molecule has 1 aliphatic rings. The zero-order valence-electron chi connectivity index (χ0n) is 8.66. The molecule has 0 amide bonds. The van der Waals surface area contributed by atoms with Crippen molar-refractivity contribution < 1.29 is 9.57 Å². The lowest BCUT2D eigenvalue weighted by Gasteiger charge is -2.32. The van der Waals surface area contributed by atoms with Crippen molar-refractivity contribution in [1.82, 2.24) is 9.96 Å². The summed E-state index contributed by atoms with van der Waals surface area (Å²) in [5.74, 6) is 0. The van der Waals surface area contributed by atoms with Crippen LogP contribution in [-0.2, 0) is 9.57 Å². The van der Waals surface area contributed by atoms with Crippen molar-refractivity contribution in [3.8, 4) is 0 Å². The molecule has 4 nitrogen and oxygen atoms in total. The number of methoxy groups -OCH3 is 1. The van der Waals surface area contributed by atoms with Crippen molar-refractivity contribution in [2.24, 2.45) is 0 Å². The number of ether oxygens (including phenoxy) is 1. The monoisotopic (exact) mass is 188 g/mol. The van der Waals surface area contributed by atoms with Gasteiger partial charge in [0.05, 0.1) is 13.2 Å². The van der Waals surface area contributed by atoms with Crippen LogP contribution in [0.4, 0.5) is 0 Å². The van der Waals surface area contributed by atoms with Gasteiger partial charge in [-0.1, -0.05) is 6.92 Å². The molecule has 0 bridgehead atoms. The van der Waals surface area contributed by atoms with Crippen molar-refractivity contribution in [3.63, 3.8) is 0 Å². The quantitative estimate of drug-likeness (QED) is 0.576. The molecule has 4 heteroatoms.